The number of rotatable bonds is 5. The lowest BCUT2D eigenvalue weighted by Crippen LogP contribution is -2.24. The number of carbonyl (C=O) groups excluding carboxylic acids is 1. The van der Waals surface area contributed by atoms with E-state index in [1.807, 2.05) is 43.3 Å². The summed E-state index contributed by atoms with van der Waals surface area (Å²) in [4.78, 5) is 12.2. The zero-order valence-electron chi connectivity index (χ0n) is 13.5. The van der Waals surface area contributed by atoms with Gasteiger partial charge in [0, 0.05) is 17.3 Å². The Bertz CT molecular complexity index is 812. The first kappa shape index (κ1) is 18.5. The molecule has 0 aliphatic carbocycles. The normalized spacial score (nSPS) is 11.8. The van der Waals surface area contributed by atoms with E-state index in [0.29, 0.717) is 13.0 Å². The van der Waals surface area contributed by atoms with Gasteiger partial charge in [0.1, 0.15) is 0 Å². The predicted molar refractivity (Wildman–Crippen MR) is 104 cm³/mol. The first-order valence-electron chi connectivity index (χ1n) is 7.69. The van der Waals surface area contributed by atoms with Crippen LogP contribution in [0.2, 0.25) is 0 Å². The van der Waals surface area contributed by atoms with E-state index < -0.39 is 0 Å². The van der Waals surface area contributed by atoms with E-state index in [9.17, 15) is 4.79 Å². The van der Waals surface area contributed by atoms with Crippen molar-refractivity contribution in [1.82, 2.24) is 5.32 Å². The van der Waals surface area contributed by atoms with Gasteiger partial charge in [0.25, 0.3) is 0 Å². The minimum atomic E-state index is 0. The highest BCUT2D eigenvalue weighted by molar-refractivity contribution is 7.17. The van der Waals surface area contributed by atoms with Gasteiger partial charge in [-0.3, -0.25) is 4.79 Å². The molecule has 0 aliphatic rings. The molecule has 3 rings (SSSR count). The maximum Gasteiger partial charge on any atom is 0.224 e. The van der Waals surface area contributed by atoms with Crippen molar-refractivity contribution in [2.45, 2.75) is 25.9 Å². The molecule has 0 aliphatic heterocycles. The summed E-state index contributed by atoms with van der Waals surface area (Å²) in [6.45, 7) is 2.50. The minimum absolute atomic E-state index is 0. The van der Waals surface area contributed by atoms with Crippen LogP contribution in [-0.2, 0) is 17.8 Å². The van der Waals surface area contributed by atoms with Crippen LogP contribution in [0.15, 0.2) is 53.9 Å². The predicted octanol–water partition coefficient (Wildman–Crippen LogP) is 4.20. The summed E-state index contributed by atoms with van der Waals surface area (Å²) in [5, 5.41) is 6.23. The number of nitrogens with one attached hydrogen (secondary N) is 1. The molecule has 0 saturated heterocycles. The summed E-state index contributed by atoms with van der Waals surface area (Å²) in [6, 6.07) is 16.3. The molecule has 3 nitrogen and oxygen atoms in total. The van der Waals surface area contributed by atoms with Gasteiger partial charge in [-0.05, 0) is 40.4 Å². The van der Waals surface area contributed by atoms with E-state index in [-0.39, 0.29) is 24.4 Å². The molecular formula is C19H21ClN2OS. The highest BCUT2D eigenvalue weighted by Crippen LogP contribution is 2.25. The van der Waals surface area contributed by atoms with Gasteiger partial charge in [-0.15, -0.1) is 23.7 Å². The Morgan fingerprint density at radius 3 is 2.58 bits per heavy atom. The molecule has 3 aromatic rings. The second kappa shape index (κ2) is 8.29. The van der Waals surface area contributed by atoms with Crippen molar-refractivity contribution in [1.29, 1.82) is 0 Å². The number of amides is 1. The van der Waals surface area contributed by atoms with E-state index in [2.05, 4.69) is 22.8 Å². The Hall–Kier alpha value is -1.88. The van der Waals surface area contributed by atoms with Crippen molar-refractivity contribution in [2.75, 3.05) is 0 Å². The van der Waals surface area contributed by atoms with Crippen molar-refractivity contribution in [3.8, 4) is 0 Å². The average molecular weight is 361 g/mol. The molecule has 1 amide bonds. The van der Waals surface area contributed by atoms with Crippen LogP contribution in [0.1, 0.15) is 29.7 Å². The highest BCUT2D eigenvalue weighted by atomic mass is 35.5. The summed E-state index contributed by atoms with van der Waals surface area (Å²) in [7, 11) is 0. The van der Waals surface area contributed by atoms with Crippen LogP contribution in [0.25, 0.3) is 10.1 Å². The van der Waals surface area contributed by atoms with Gasteiger partial charge in [-0.25, -0.2) is 0 Å². The number of hydrogen-bond donors (Lipinski definition) is 2. The highest BCUT2D eigenvalue weighted by Gasteiger charge is 2.08. The van der Waals surface area contributed by atoms with Crippen LogP contribution in [-0.4, -0.2) is 5.91 Å². The fourth-order valence-corrected chi connectivity index (χ4v) is 3.51. The molecule has 1 atom stereocenters. The lowest BCUT2D eigenvalue weighted by Gasteiger charge is -2.08. The van der Waals surface area contributed by atoms with Crippen LogP contribution < -0.4 is 11.1 Å². The van der Waals surface area contributed by atoms with Crippen LogP contribution in [0, 0.1) is 0 Å². The molecule has 3 N–H and O–H groups in total. The Labute approximate surface area is 152 Å². The van der Waals surface area contributed by atoms with E-state index in [0.717, 1.165) is 16.7 Å². The van der Waals surface area contributed by atoms with Gasteiger partial charge in [0.2, 0.25) is 5.91 Å². The number of thiophene rings is 1. The molecule has 2 aromatic carbocycles. The summed E-state index contributed by atoms with van der Waals surface area (Å²) in [5.74, 6) is 0.0461. The van der Waals surface area contributed by atoms with Crippen LogP contribution in [0.3, 0.4) is 0 Å². The zero-order valence-corrected chi connectivity index (χ0v) is 15.1. The molecule has 5 heteroatoms. The van der Waals surface area contributed by atoms with E-state index in [4.69, 9.17) is 5.73 Å². The molecule has 0 radical (unpaired) electrons. The fourth-order valence-electron chi connectivity index (χ4n) is 2.54. The third-order valence-electron chi connectivity index (χ3n) is 3.91. The maximum atomic E-state index is 12.2. The summed E-state index contributed by atoms with van der Waals surface area (Å²) in [6.07, 6.45) is 0.419. The molecule has 0 spiro atoms. The van der Waals surface area contributed by atoms with Gasteiger partial charge < -0.3 is 11.1 Å². The first-order valence-corrected chi connectivity index (χ1v) is 8.57. The smallest absolute Gasteiger partial charge is 0.224 e. The van der Waals surface area contributed by atoms with Crippen LogP contribution in [0.5, 0.6) is 0 Å². The second-order valence-electron chi connectivity index (χ2n) is 5.74. The molecular weight excluding hydrogens is 340 g/mol. The lowest BCUT2D eigenvalue weighted by atomic mass is 10.1. The topological polar surface area (TPSA) is 55.1 Å². The average Bonchev–Trinajstić information content (AvgIpc) is 2.96. The van der Waals surface area contributed by atoms with E-state index >= 15 is 0 Å². The molecule has 24 heavy (non-hydrogen) atoms. The van der Waals surface area contributed by atoms with E-state index in [1.165, 1.54) is 10.1 Å². The van der Waals surface area contributed by atoms with Gasteiger partial charge in [-0.1, -0.05) is 42.5 Å². The zero-order chi connectivity index (χ0) is 16.2. The maximum absolute atomic E-state index is 12.2. The molecule has 0 fully saturated rings. The summed E-state index contributed by atoms with van der Waals surface area (Å²) >= 11 is 1.68. The van der Waals surface area contributed by atoms with Gasteiger partial charge in [-0.2, -0.15) is 0 Å². The molecule has 1 heterocycles. The van der Waals surface area contributed by atoms with E-state index in [1.54, 1.807) is 11.3 Å². The molecule has 126 valence electrons. The summed E-state index contributed by atoms with van der Waals surface area (Å²) < 4.78 is 1.22. The van der Waals surface area contributed by atoms with Crippen molar-refractivity contribution >= 4 is 39.7 Å². The fraction of sp³-hybridized carbons (Fsp3) is 0.211. The Kier molecular flexibility index (Phi) is 6.37. The SMILES string of the molecule is CC(N)c1ccc(CNC(=O)Cc2csc3ccccc23)cc1.Cl. The number of carbonyl (C=O) groups is 1. The lowest BCUT2D eigenvalue weighted by molar-refractivity contribution is -0.120. The number of fused-ring (bicyclic) bond motifs is 1. The molecule has 0 bridgehead atoms. The number of benzene rings is 2. The molecule has 1 unspecified atom stereocenters. The Morgan fingerprint density at radius 2 is 1.88 bits per heavy atom. The molecule has 1 aromatic heterocycles. The standard InChI is InChI=1S/C19H20N2OS.ClH/c1-13(20)15-8-6-14(7-9-15)11-21-19(22)10-16-12-23-18-5-3-2-4-17(16)18;/h2-9,12-13H,10-11,20H2,1H3,(H,21,22);1H. The van der Waals surface area contributed by atoms with Gasteiger partial charge in [0.05, 0.1) is 6.42 Å². The van der Waals surface area contributed by atoms with Crippen LogP contribution in [0.4, 0.5) is 0 Å². The Balaban J connectivity index is 0.00000208. The van der Waals surface area contributed by atoms with Gasteiger partial charge >= 0.3 is 0 Å². The quantitative estimate of drug-likeness (QED) is 0.716. The third-order valence-corrected chi connectivity index (χ3v) is 4.92. The van der Waals surface area contributed by atoms with Crippen molar-refractivity contribution in [2.24, 2.45) is 5.73 Å². The second-order valence-corrected chi connectivity index (χ2v) is 6.65. The van der Waals surface area contributed by atoms with Gasteiger partial charge in [0.15, 0.2) is 0 Å². The Morgan fingerprint density at radius 1 is 1.17 bits per heavy atom. The monoisotopic (exact) mass is 360 g/mol. The van der Waals surface area contributed by atoms with Crippen molar-refractivity contribution < 1.29 is 4.79 Å². The minimum Gasteiger partial charge on any atom is -0.352 e. The number of hydrogen-bond acceptors (Lipinski definition) is 3. The number of nitrogens with two attached hydrogens (primary N) is 1. The molecule has 0 saturated carbocycles. The van der Waals surface area contributed by atoms with Crippen LogP contribution >= 0.6 is 23.7 Å². The third kappa shape index (κ3) is 4.35. The first-order chi connectivity index (χ1) is 11.1. The van der Waals surface area contributed by atoms with Crippen molar-refractivity contribution in [3.05, 3.63) is 70.6 Å². The largest absolute Gasteiger partial charge is 0.352 e. The van der Waals surface area contributed by atoms with Crippen molar-refractivity contribution in [3.63, 3.8) is 0 Å². The number of halogens is 1. The summed E-state index contributed by atoms with van der Waals surface area (Å²) in [5.41, 5.74) is 9.11.